The fourth-order valence-electron chi connectivity index (χ4n) is 10.8. The van der Waals surface area contributed by atoms with Gasteiger partial charge >= 0.3 is 5.97 Å². The number of hydrogen-bond acceptors (Lipinski definition) is 7. The van der Waals surface area contributed by atoms with Crippen LogP contribution in [0.3, 0.4) is 0 Å². The first-order valence-electron chi connectivity index (χ1n) is 35.0. The molecule has 2 saturated heterocycles. The molecule has 2 aliphatic heterocycles. The Kier molecular flexibility index (Phi) is 71.6. The molecule has 2 rings (SSSR count). The van der Waals surface area contributed by atoms with E-state index in [1.54, 1.807) is 0 Å². The van der Waals surface area contributed by atoms with Gasteiger partial charge in [-0.3, -0.25) is 4.79 Å². The molecule has 0 aromatic heterocycles. The number of piperazine rings is 1. The van der Waals surface area contributed by atoms with Crippen LogP contribution in [0.2, 0.25) is 0 Å². The summed E-state index contributed by atoms with van der Waals surface area (Å²) in [5.41, 5.74) is 5.45. The van der Waals surface area contributed by atoms with E-state index in [4.69, 9.17) is 10.5 Å². The van der Waals surface area contributed by atoms with Crippen molar-refractivity contribution < 1.29 is 9.53 Å². The zero-order valence-electron chi connectivity index (χ0n) is 53.6. The summed E-state index contributed by atoms with van der Waals surface area (Å²) < 4.78 is 5.23. The third kappa shape index (κ3) is 71.3. The number of hydrogen-bond donors (Lipinski definition) is 2. The van der Waals surface area contributed by atoms with Crippen LogP contribution in [-0.2, 0) is 9.53 Å². The van der Waals surface area contributed by atoms with E-state index >= 15 is 0 Å². The van der Waals surface area contributed by atoms with Crippen molar-refractivity contribution in [2.45, 2.75) is 355 Å². The molecule has 0 aromatic rings. The molecule has 7 nitrogen and oxygen atoms in total. The molecule has 7 heteroatoms. The molecule has 0 bridgehead atoms. The van der Waals surface area contributed by atoms with Crippen molar-refractivity contribution in [1.82, 2.24) is 20.0 Å². The van der Waals surface area contributed by atoms with Crippen LogP contribution in [0.25, 0.3) is 0 Å². The summed E-state index contributed by atoms with van der Waals surface area (Å²) in [5.74, 6) is -0.0100. The van der Waals surface area contributed by atoms with Crippen LogP contribution in [-0.4, -0.2) is 107 Å². The lowest BCUT2D eigenvalue weighted by Gasteiger charge is -2.21. The van der Waals surface area contributed by atoms with E-state index in [0.29, 0.717) is 13.0 Å². The molecule has 0 saturated carbocycles. The Morgan fingerprint density at radius 1 is 0.382 bits per heavy atom. The maximum atomic E-state index is 11.6. The summed E-state index contributed by atoms with van der Waals surface area (Å²) in [7, 11) is 6.71. The SMILES string of the molecule is CCCCCCCCCCCCCCN.CCCCCCCCCCCN(C)CCCCCC(=O)OCCCCC.CN1CCCCCCCCCCCCCCCCCCCCCCCCCC1.CN1CCNCC1. The first-order valence-corrected chi connectivity index (χ1v) is 35.0. The number of nitrogens with one attached hydrogen (secondary N) is 1. The molecule has 0 unspecified atom stereocenters. The monoisotopic (exact) mass is 1080 g/mol. The van der Waals surface area contributed by atoms with Crippen LogP contribution < -0.4 is 11.1 Å². The van der Waals surface area contributed by atoms with Gasteiger partial charge in [0.2, 0.25) is 0 Å². The number of carbonyl (C=O) groups is 1. The number of esters is 1. The van der Waals surface area contributed by atoms with Gasteiger partial charge in [-0.15, -0.1) is 0 Å². The Hall–Kier alpha value is -0.730. The van der Waals surface area contributed by atoms with E-state index in [1.807, 2.05) is 0 Å². The topological polar surface area (TPSA) is 74.1 Å². The number of nitrogens with zero attached hydrogens (tertiary/aromatic N) is 3. The highest BCUT2D eigenvalue weighted by Gasteiger charge is 2.05. The third-order valence-corrected chi connectivity index (χ3v) is 16.3. The van der Waals surface area contributed by atoms with E-state index in [-0.39, 0.29) is 5.97 Å². The molecule has 3 N–H and O–H groups in total. The van der Waals surface area contributed by atoms with Crippen molar-refractivity contribution in [2.75, 3.05) is 86.7 Å². The van der Waals surface area contributed by atoms with Gasteiger partial charge in [0.25, 0.3) is 0 Å². The minimum absolute atomic E-state index is 0.0100. The molecule has 458 valence electrons. The van der Waals surface area contributed by atoms with Crippen molar-refractivity contribution in [3.05, 3.63) is 0 Å². The summed E-state index contributed by atoms with van der Waals surface area (Å²) in [6, 6.07) is 0. The Labute approximate surface area is 480 Å². The van der Waals surface area contributed by atoms with Gasteiger partial charge < -0.3 is 30.5 Å². The molecular formula is C69H145N5O2. The maximum absolute atomic E-state index is 11.6. The second-order valence-electron chi connectivity index (χ2n) is 24.4. The van der Waals surface area contributed by atoms with Gasteiger partial charge in [0, 0.05) is 32.6 Å². The van der Waals surface area contributed by atoms with E-state index in [9.17, 15) is 4.79 Å². The molecule has 0 aromatic carbocycles. The van der Waals surface area contributed by atoms with E-state index in [0.717, 1.165) is 51.9 Å². The number of nitrogens with two attached hydrogens (primary N) is 1. The van der Waals surface area contributed by atoms with Crippen LogP contribution in [0, 0.1) is 0 Å². The molecule has 0 spiro atoms. The highest BCUT2D eigenvalue weighted by Crippen LogP contribution is 2.17. The first-order chi connectivity index (χ1) is 37.4. The molecule has 2 heterocycles. The summed E-state index contributed by atoms with van der Waals surface area (Å²) in [6.07, 6.45) is 72.1. The predicted molar refractivity (Wildman–Crippen MR) is 342 cm³/mol. The average Bonchev–Trinajstić information content (AvgIpc) is 3.42. The molecule has 2 fully saturated rings. The van der Waals surface area contributed by atoms with Gasteiger partial charge in [-0.2, -0.15) is 0 Å². The molecular weight excluding hydrogens is 931 g/mol. The van der Waals surface area contributed by atoms with E-state index in [2.05, 4.69) is 61.9 Å². The van der Waals surface area contributed by atoms with Gasteiger partial charge in [0.15, 0.2) is 0 Å². The number of ether oxygens (including phenoxy) is 1. The minimum Gasteiger partial charge on any atom is -0.466 e. The van der Waals surface area contributed by atoms with Crippen LogP contribution >= 0.6 is 0 Å². The lowest BCUT2D eigenvalue weighted by atomic mass is 10.0. The van der Waals surface area contributed by atoms with Crippen LogP contribution in [0.4, 0.5) is 0 Å². The number of carbonyl (C=O) groups excluding carboxylic acids is 1. The third-order valence-electron chi connectivity index (χ3n) is 16.3. The zero-order chi connectivity index (χ0) is 55.6. The maximum Gasteiger partial charge on any atom is 0.305 e. The van der Waals surface area contributed by atoms with Crippen LogP contribution in [0.1, 0.15) is 355 Å². The Bertz CT molecular complexity index is 986. The fraction of sp³-hybridized carbons (Fsp3) is 0.986. The fourth-order valence-corrected chi connectivity index (χ4v) is 10.8. The summed E-state index contributed by atoms with van der Waals surface area (Å²) in [6.45, 7) is 18.0. The Morgan fingerprint density at radius 3 is 0.974 bits per heavy atom. The summed E-state index contributed by atoms with van der Waals surface area (Å²) in [4.78, 5) is 18.9. The smallest absolute Gasteiger partial charge is 0.305 e. The number of unbranched alkanes of at least 4 members (excludes halogenated alkanes) is 23. The second kappa shape index (κ2) is 70.4. The standard InChI is InChI=1S/C27H55N.C23H47NO2.C14H31N.C5H12N2/c1-28-26-24-22-20-18-16-14-12-10-8-6-4-2-3-5-7-9-11-13-15-17-19-21-23-25-27-28;1-4-6-8-9-10-11-12-13-16-20-24(3)21-17-14-15-19-23(25)26-22-18-7-5-2;1-2-3-4-5-6-7-8-9-10-11-12-13-14-15;1-7-4-2-6-3-5-7/h2-27H2,1H3;4-22H2,1-3H3;2-15H2,1H3;6H,2-5H2,1H3. The Morgan fingerprint density at radius 2 is 0.658 bits per heavy atom. The van der Waals surface area contributed by atoms with Gasteiger partial charge in [0.1, 0.15) is 0 Å². The molecule has 76 heavy (non-hydrogen) atoms. The molecule has 2 aliphatic rings. The van der Waals surface area contributed by atoms with E-state index in [1.165, 1.54) is 335 Å². The number of rotatable bonds is 32. The lowest BCUT2D eigenvalue weighted by molar-refractivity contribution is -0.143. The minimum atomic E-state index is -0.0100. The largest absolute Gasteiger partial charge is 0.466 e. The van der Waals surface area contributed by atoms with Crippen LogP contribution in [0.15, 0.2) is 0 Å². The lowest BCUT2D eigenvalue weighted by Crippen LogP contribution is -2.40. The summed E-state index contributed by atoms with van der Waals surface area (Å²) >= 11 is 0. The molecule has 0 atom stereocenters. The van der Waals surface area contributed by atoms with Crippen molar-refractivity contribution in [3.63, 3.8) is 0 Å². The van der Waals surface area contributed by atoms with Crippen molar-refractivity contribution >= 4 is 5.97 Å². The van der Waals surface area contributed by atoms with Crippen molar-refractivity contribution in [3.8, 4) is 0 Å². The van der Waals surface area contributed by atoms with Crippen molar-refractivity contribution in [2.24, 2.45) is 5.73 Å². The molecule has 0 aliphatic carbocycles. The van der Waals surface area contributed by atoms with Gasteiger partial charge in [-0.25, -0.2) is 0 Å². The number of likely N-dealkylation sites (N-methyl/N-ethyl adjacent to an activating group) is 1. The zero-order valence-corrected chi connectivity index (χ0v) is 53.6. The Balaban J connectivity index is 0. The quantitative estimate of drug-likeness (QED) is 0.0514. The predicted octanol–water partition coefficient (Wildman–Crippen LogP) is 20.2. The first kappa shape index (κ1) is 77.3. The summed E-state index contributed by atoms with van der Waals surface area (Å²) in [5, 5.41) is 3.27. The van der Waals surface area contributed by atoms with E-state index < -0.39 is 0 Å². The average molecular weight is 1080 g/mol. The molecule has 0 radical (unpaired) electrons. The second-order valence-corrected chi connectivity index (χ2v) is 24.4. The molecule has 0 amide bonds. The van der Waals surface area contributed by atoms with Crippen LogP contribution in [0.5, 0.6) is 0 Å². The van der Waals surface area contributed by atoms with Crippen molar-refractivity contribution in [1.29, 1.82) is 0 Å². The van der Waals surface area contributed by atoms with Gasteiger partial charge in [-0.1, -0.05) is 303 Å². The highest BCUT2D eigenvalue weighted by molar-refractivity contribution is 5.69. The van der Waals surface area contributed by atoms with Gasteiger partial charge in [-0.05, 0) is 98.8 Å². The highest BCUT2D eigenvalue weighted by atomic mass is 16.5. The van der Waals surface area contributed by atoms with Gasteiger partial charge in [0.05, 0.1) is 6.61 Å². The normalized spacial score (nSPS) is 17.3.